The lowest BCUT2D eigenvalue weighted by molar-refractivity contribution is 0.0698. The summed E-state index contributed by atoms with van der Waals surface area (Å²) in [7, 11) is 0. The summed E-state index contributed by atoms with van der Waals surface area (Å²) >= 11 is 0. The zero-order valence-electron chi connectivity index (χ0n) is 10.8. The van der Waals surface area contributed by atoms with E-state index in [1.165, 1.54) is 6.07 Å². The molecule has 1 heterocycles. The van der Waals surface area contributed by atoms with Gasteiger partial charge < -0.3 is 20.4 Å². The molecule has 0 bridgehead atoms. The SMILES string of the molecule is Cc1cc(C(=O)O)c2nc3c(O)c(O)c(O)cc3nc2c1. The lowest BCUT2D eigenvalue weighted by atomic mass is 10.1. The Kier molecular flexibility index (Phi) is 2.59. The highest BCUT2D eigenvalue weighted by molar-refractivity contribution is 6.03. The van der Waals surface area contributed by atoms with Gasteiger partial charge in [0.1, 0.15) is 11.0 Å². The minimum atomic E-state index is -1.17. The number of hydrogen-bond acceptors (Lipinski definition) is 6. The molecule has 0 saturated carbocycles. The summed E-state index contributed by atoms with van der Waals surface area (Å²) in [6, 6.07) is 4.25. The van der Waals surface area contributed by atoms with Crippen LogP contribution in [0.3, 0.4) is 0 Å². The van der Waals surface area contributed by atoms with Crippen LogP contribution in [0.4, 0.5) is 0 Å². The van der Waals surface area contributed by atoms with Gasteiger partial charge in [0.25, 0.3) is 0 Å². The van der Waals surface area contributed by atoms with Crippen molar-refractivity contribution in [3.8, 4) is 17.2 Å². The zero-order chi connectivity index (χ0) is 15.3. The molecule has 2 aromatic carbocycles. The fourth-order valence-electron chi connectivity index (χ4n) is 2.18. The first kappa shape index (κ1) is 12.9. The van der Waals surface area contributed by atoms with Crippen molar-refractivity contribution in [3.05, 3.63) is 29.3 Å². The molecule has 0 fully saturated rings. The number of aromatic nitrogens is 2. The number of aryl methyl sites for hydroxylation is 1. The third-order valence-electron chi connectivity index (χ3n) is 3.14. The summed E-state index contributed by atoms with van der Waals surface area (Å²) in [5.41, 5.74) is 1.14. The Morgan fingerprint density at radius 3 is 2.29 bits per heavy atom. The van der Waals surface area contributed by atoms with E-state index in [0.29, 0.717) is 11.1 Å². The highest BCUT2D eigenvalue weighted by Gasteiger charge is 2.18. The van der Waals surface area contributed by atoms with Crippen LogP contribution in [-0.2, 0) is 0 Å². The van der Waals surface area contributed by atoms with E-state index in [4.69, 9.17) is 0 Å². The van der Waals surface area contributed by atoms with Crippen LogP contribution in [0.1, 0.15) is 15.9 Å². The summed E-state index contributed by atoms with van der Waals surface area (Å²) in [5, 5.41) is 38.1. The molecule has 0 spiro atoms. The first-order chi connectivity index (χ1) is 9.88. The van der Waals surface area contributed by atoms with Crippen LogP contribution < -0.4 is 0 Å². The molecule has 0 aliphatic carbocycles. The number of benzene rings is 2. The minimum absolute atomic E-state index is 0.0497. The fourth-order valence-corrected chi connectivity index (χ4v) is 2.18. The molecular weight excluding hydrogens is 276 g/mol. The smallest absolute Gasteiger partial charge is 0.337 e. The average Bonchev–Trinajstić information content (AvgIpc) is 2.42. The molecule has 7 heteroatoms. The van der Waals surface area contributed by atoms with Gasteiger partial charge in [-0.2, -0.15) is 0 Å². The Morgan fingerprint density at radius 2 is 1.62 bits per heavy atom. The number of carbonyl (C=O) groups is 1. The lowest BCUT2D eigenvalue weighted by Crippen LogP contribution is -2.01. The predicted octanol–water partition coefficient (Wildman–Crippen LogP) is 1.91. The third-order valence-corrected chi connectivity index (χ3v) is 3.14. The van der Waals surface area contributed by atoms with E-state index in [2.05, 4.69) is 9.97 Å². The van der Waals surface area contributed by atoms with Gasteiger partial charge in [0.05, 0.1) is 16.6 Å². The minimum Gasteiger partial charge on any atom is -0.504 e. The summed E-state index contributed by atoms with van der Waals surface area (Å²) in [4.78, 5) is 19.6. The maximum absolute atomic E-state index is 11.3. The van der Waals surface area contributed by atoms with E-state index in [9.17, 15) is 25.2 Å². The van der Waals surface area contributed by atoms with E-state index in [1.807, 2.05) is 0 Å². The average molecular weight is 286 g/mol. The van der Waals surface area contributed by atoms with E-state index < -0.39 is 23.2 Å². The molecular formula is C14H10N2O5. The number of aromatic hydroxyl groups is 3. The maximum Gasteiger partial charge on any atom is 0.337 e. The second-order valence-electron chi connectivity index (χ2n) is 4.67. The number of phenolic OH excluding ortho intramolecular Hbond substituents is 3. The monoisotopic (exact) mass is 286 g/mol. The molecule has 0 aliphatic rings. The summed E-state index contributed by atoms with van der Waals surface area (Å²) in [6.45, 7) is 1.73. The van der Waals surface area contributed by atoms with Crippen LogP contribution in [0.2, 0.25) is 0 Å². The van der Waals surface area contributed by atoms with Gasteiger partial charge in [-0.05, 0) is 24.6 Å². The largest absolute Gasteiger partial charge is 0.504 e. The van der Waals surface area contributed by atoms with Crippen LogP contribution in [0.15, 0.2) is 18.2 Å². The molecule has 0 radical (unpaired) electrons. The van der Waals surface area contributed by atoms with Crippen LogP contribution in [0.25, 0.3) is 22.1 Å². The molecule has 3 aromatic rings. The van der Waals surface area contributed by atoms with Gasteiger partial charge in [-0.1, -0.05) is 0 Å². The lowest BCUT2D eigenvalue weighted by Gasteiger charge is -2.08. The van der Waals surface area contributed by atoms with Gasteiger partial charge in [-0.15, -0.1) is 0 Å². The molecule has 21 heavy (non-hydrogen) atoms. The molecule has 7 nitrogen and oxygen atoms in total. The number of rotatable bonds is 1. The van der Waals surface area contributed by atoms with E-state index in [-0.39, 0.29) is 22.1 Å². The number of phenols is 3. The molecule has 3 rings (SSSR count). The summed E-state index contributed by atoms with van der Waals surface area (Å²) < 4.78 is 0. The van der Waals surface area contributed by atoms with E-state index >= 15 is 0 Å². The van der Waals surface area contributed by atoms with Gasteiger partial charge >= 0.3 is 5.97 Å². The molecule has 0 amide bonds. The van der Waals surface area contributed by atoms with Gasteiger partial charge in [-0.3, -0.25) is 0 Å². The van der Waals surface area contributed by atoms with Gasteiger partial charge in [0, 0.05) is 6.07 Å². The van der Waals surface area contributed by atoms with Crippen LogP contribution in [0, 0.1) is 6.92 Å². The van der Waals surface area contributed by atoms with Crippen molar-refractivity contribution in [1.29, 1.82) is 0 Å². The molecule has 0 atom stereocenters. The maximum atomic E-state index is 11.3. The third kappa shape index (κ3) is 1.86. The second-order valence-corrected chi connectivity index (χ2v) is 4.67. The van der Waals surface area contributed by atoms with Crippen molar-refractivity contribution in [2.24, 2.45) is 0 Å². The number of carboxylic acids is 1. The highest BCUT2D eigenvalue weighted by atomic mass is 16.4. The first-order valence-corrected chi connectivity index (χ1v) is 5.98. The Morgan fingerprint density at radius 1 is 0.952 bits per heavy atom. The number of carboxylic acid groups (broad SMARTS) is 1. The van der Waals surface area contributed by atoms with Crippen molar-refractivity contribution in [2.45, 2.75) is 6.92 Å². The Balaban J connectivity index is 2.52. The van der Waals surface area contributed by atoms with Crippen LogP contribution >= 0.6 is 0 Å². The molecule has 1 aromatic heterocycles. The second kappa shape index (κ2) is 4.20. The highest BCUT2D eigenvalue weighted by Crippen LogP contribution is 2.40. The fraction of sp³-hybridized carbons (Fsp3) is 0.0714. The van der Waals surface area contributed by atoms with Crippen molar-refractivity contribution in [2.75, 3.05) is 0 Å². The number of nitrogens with zero attached hydrogens (tertiary/aromatic N) is 2. The zero-order valence-corrected chi connectivity index (χ0v) is 10.8. The number of hydrogen-bond donors (Lipinski definition) is 4. The van der Waals surface area contributed by atoms with Crippen molar-refractivity contribution in [3.63, 3.8) is 0 Å². The first-order valence-electron chi connectivity index (χ1n) is 5.98. The number of fused-ring (bicyclic) bond motifs is 2. The van der Waals surface area contributed by atoms with Crippen LogP contribution in [-0.4, -0.2) is 36.4 Å². The van der Waals surface area contributed by atoms with Gasteiger partial charge in [0.2, 0.25) is 5.75 Å². The summed E-state index contributed by atoms with van der Waals surface area (Å²) in [5.74, 6) is -3.06. The predicted molar refractivity (Wildman–Crippen MR) is 73.7 cm³/mol. The van der Waals surface area contributed by atoms with Gasteiger partial charge in [-0.25, -0.2) is 14.8 Å². The topological polar surface area (TPSA) is 124 Å². The van der Waals surface area contributed by atoms with Crippen molar-refractivity contribution < 1.29 is 25.2 Å². The standard InChI is InChI=1S/C14H10N2O5/c1-5-2-6(14(20)21)10-7(3-5)15-8-4-9(17)12(18)13(19)11(8)16-10/h2-4,17-19H,1H3,(H,20,21). The molecule has 4 N–H and O–H groups in total. The normalized spacial score (nSPS) is 11.1. The van der Waals surface area contributed by atoms with Gasteiger partial charge in [0.15, 0.2) is 11.5 Å². The van der Waals surface area contributed by atoms with E-state index in [1.54, 1.807) is 13.0 Å². The Labute approximate surface area is 117 Å². The Hall–Kier alpha value is -3.09. The molecule has 0 aliphatic heterocycles. The number of aromatic carboxylic acids is 1. The van der Waals surface area contributed by atoms with Crippen molar-refractivity contribution in [1.82, 2.24) is 9.97 Å². The quantitative estimate of drug-likeness (QED) is 0.398. The van der Waals surface area contributed by atoms with E-state index in [0.717, 1.165) is 6.07 Å². The van der Waals surface area contributed by atoms with Crippen molar-refractivity contribution >= 4 is 28.0 Å². The molecule has 0 saturated heterocycles. The summed E-state index contributed by atoms with van der Waals surface area (Å²) in [6.07, 6.45) is 0. The molecule has 0 unspecified atom stereocenters. The Bertz CT molecular complexity index is 921. The molecule has 106 valence electrons. The van der Waals surface area contributed by atoms with Crippen LogP contribution in [0.5, 0.6) is 17.2 Å².